The molecule has 0 spiro atoms. The van der Waals surface area contributed by atoms with E-state index in [1.807, 2.05) is 0 Å². The molecule has 21 heavy (non-hydrogen) atoms. The van der Waals surface area contributed by atoms with E-state index in [2.05, 4.69) is 14.9 Å². The molecule has 4 heterocycles. The zero-order valence-electron chi connectivity index (χ0n) is 12.0. The lowest BCUT2D eigenvalue weighted by molar-refractivity contribution is 0.0571. The Balaban J connectivity index is 1.56. The quantitative estimate of drug-likeness (QED) is 0.648. The van der Waals surface area contributed by atoms with E-state index in [0.717, 1.165) is 70.0 Å². The van der Waals surface area contributed by atoms with E-state index >= 15 is 0 Å². The molecule has 1 saturated heterocycles. The van der Waals surface area contributed by atoms with Crippen molar-refractivity contribution in [2.75, 3.05) is 39.4 Å². The van der Waals surface area contributed by atoms with Crippen molar-refractivity contribution >= 4 is 17.8 Å². The number of hydrogen-bond donors (Lipinski definition) is 0. The third-order valence-corrected chi connectivity index (χ3v) is 4.62. The second-order valence-corrected chi connectivity index (χ2v) is 5.84. The van der Waals surface area contributed by atoms with Gasteiger partial charge in [-0.1, -0.05) is 0 Å². The molecule has 0 radical (unpaired) electrons. The fourth-order valence-electron chi connectivity index (χ4n) is 3.62. The highest BCUT2D eigenvalue weighted by Crippen LogP contribution is 2.36. The Kier molecular flexibility index (Phi) is 2.40. The topological polar surface area (TPSA) is 56.0 Å². The molecule has 5 rings (SSSR count). The fraction of sp³-hybridized carbons (Fsp3) is 0.643. The molecule has 1 aliphatic carbocycles. The molecule has 0 N–H and O–H groups in total. The minimum absolute atomic E-state index is 0.773. The van der Waals surface area contributed by atoms with Gasteiger partial charge in [0, 0.05) is 18.7 Å². The van der Waals surface area contributed by atoms with Crippen molar-refractivity contribution in [3.05, 3.63) is 11.3 Å². The first kappa shape index (κ1) is 11.7. The van der Waals surface area contributed by atoms with E-state index in [4.69, 9.17) is 19.7 Å². The van der Waals surface area contributed by atoms with Gasteiger partial charge in [-0.25, -0.2) is 10.0 Å². The molecule has 0 unspecified atom stereocenters. The molecule has 0 bridgehead atoms. The second kappa shape index (κ2) is 4.30. The van der Waals surface area contributed by atoms with Crippen LogP contribution in [-0.2, 0) is 4.74 Å². The molecule has 0 aromatic carbocycles. The lowest BCUT2D eigenvalue weighted by Crippen LogP contribution is -2.57. The van der Waals surface area contributed by atoms with Gasteiger partial charge in [0.2, 0.25) is 5.96 Å². The summed E-state index contributed by atoms with van der Waals surface area (Å²) in [5, 5.41) is 4.37. The highest BCUT2D eigenvalue weighted by Gasteiger charge is 2.43. The van der Waals surface area contributed by atoms with Crippen molar-refractivity contribution in [1.82, 2.24) is 14.9 Å². The van der Waals surface area contributed by atoms with Crippen molar-refractivity contribution < 1.29 is 4.74 Å². The average molecular weight is 286 g/mol. The smallest absolute Gasteiger partial charge is 0.254 e. The Labute approximate surface area is 123 Å². The number of guanidine groups is 2. The number of ether oxygens (including phenoxy) is 1. The number of aliphatic imine (C=N–C) groups is 3. The van der Waals surface area contributed by atoms with Gasteiger partial charge in [0.25, 0.3) is 5.96 Å². The van der Waals surface area contributed by atoms with Crippen LogP contribution in [0.2, 0.25) is 0 Å². The summed E-state index contributed by atoms with van der Waals surface area (Å²) >= 11 is 0. The number of hydrogen-bond acceptors (Lipinski definition) is 7. The maximum Gasteiger partial charge on any atom is 0.254 e. The normalized spacial score (nSPS) is 27.4. The van der Waals surface area contributed by atoms with Crippen molar-refractivity contribution in [2.24, 2.45) is 15.0 Å². The highest BCUT2D eigenvalue weighted by atomic mass is 16.5. The van der Waals surface area contributed by atoms with Gasteiger partial charge in [-0.15, -0.1) is 0 Å². The minimum Gasteiger partial charge on any atom is -0.378 e. The summed E-state index contributed by atoms with van der Waals surface area (Å²) in [5.74, 6) is 2.91. The van der Waals surface area contributed by atoms with Crippen LogP contribution >= 0.6 is 0 Å². The molecule has 0 amide bonds. The summed E-state index contributed by atoms with van der Waals surface area (Å²) in [5.41, 5.74) is 2.54. The summed E-state index contributed by atoms with van der Waals surface area (Å²) in [6.07, 6.45) is 3.35. The molecule has 0 aromatic rings. The van der Waals surface area contributed by atoms with Crippen LogP contribution in [0.25, 0.3) is 0 Å². The van der Waals surface area contributed by atoms with Crippen LogP contribution in [0.1, 0.15) is 19.3 Å². The van der Waals surface area contributed by atoms with Gasteiger partial charge in [0.15, 0.2) is 5.84 Å². The Morgan fingerprint density at radius 1 is 1.00 bits per heavy atom. The van der Waals surface area contributed by atoms with Gasteiger partial charge < -0.3 is 9.64 Å². The van der Waals surface area contributed by atoms with Crippen LogP contribution in [-0.4, -0.2) is 72.1 Å². The number of allylic oxidation sites excluding steroid dienone is 1. The van der Waals surface area contributed by atoms with Gasteiger partial charge in [-0.2, -0.15) is 10.0 Å². The number of amidine groups is 1. The fourth-order valence-corrected chi connectivity index (χ4v) is 3.62. The third-order valence-electron chi connectivity index (χ3n) is 4.62. The molecular formula is C14H18N6O. The van der Waals surface area contributed by atoms with Crippen LogP contribution in [0.4, 0.5) is 0 Å². The standard InChI is InChI=1S/C14H18N6O/c1-2-10-11(3-1)16-13-17-14(18-6-8-21-9-7-18)19-5-4-15-12(10)20(13)19/h1-9H2. The van der Waals surface area contributed by atoms with Crippen molar-refractivity contribution in [2.45, 2.75) is 19.3 Å². The summed E-state index contributed by atoms with van der Waals surface area (Å²) in [4.78, 5) is 16.7. The molecule has 4 aliphatic heterocycles. The van der Waals surface area contributed by atoms with E-state index in [1.54, 1.807) is 0 Å². The van der Waals surface area contributed by atoms with E-state index < -0.39 is 0 Å². The molecule has 0 aromatic heterocycles. The number of rotatable bonds is 0. The van der Waals surface area contributed by atoms with Gasteiger partial charge in [0.1, 0.15) is 0 Å². The van der Waals surface area contributed by atoms with Crippen LogP contribution in [0, 0.1) is 0 Å². The monoisotopic (exact) mass is 286 g/mol. The molecule has 110 valence electrons. The lowest BCUT2D eigenvalue weighted by atomic mass is 10.1. The summed E-state index contributed by atoms with van der Waals surface area (Å²) in [6.45, 7) is 5.05. The molecule has 5 aliphatic rings. The van der Waals surface area contributed by atoms with Crippen molar-refractivity contribution in [3.63, 3.8) is 0 Å². The molecule has 0 atom stereocenters. The van der Waals surface area contributed by atoms with Gasteiger partial charge in [-0.3, -0.25) is 4.99 Å². The van der Waals surface area contributed by atoms with Crippen LogP contribution in [0.3, 0.4) is 0 Å². The Hall–Kier alpha value is -1.89. The number of morpholine rings is 1. The number of fused-ring (bicyclic) bond motifs is 1. The predicted octanol–water partition coefficient (Wildman–Crippen LogP) is 0.427. The van der Waals surface area contributed by atoms with E-state index in [0.29, 0.717) is 0 Å². The first-order valence-corrected chi connectivity index (χ1v) is 7.76. The number of hydrazine groups is 1. The molecule has 7 nitrogen and oxygen atoms in total. The first-order valence-electron chi connectivity index (χ1n) is 7.76. The lowest BCUT2D eigenvalue weighted by Gasteiger charge is -2.40. The summed E-state index contributed by atoms with van der Waals surface area (Å²) < 4.78 is 5.45. The van der Waals surface area contributed by atoms with E-state index in [9.17, 15) is 0 Å². The minimum atomic E-state index is 0.773. The number of nitrogens with zero attached hydrogens (tertiary/aromatic N) is 6. The average Bonchev–Trinajstić information content (AvgIpc) is 3.15. The predicted molar refractivity (Wildman–Crippen MR) is 79.0 cm³/mol. The van der Waals surface area contributed by atoms with E-state index in [1.165, 1.54) is 17.7 Å². The van der Waals surface area contributed by atoms with Crippen molar-refractivity contribution in [3.8, 4) is 0 Å². The van der Waals surface area contributed by atoms with E-state index in [-0.39, 0.29) is 0 Å². The maximum atomic E-state index is 5.45. The molecule has 7 heteroatoms. The molecular weight excluding hydrogens is 268 g/mol. The zero-order chi connectivity index (χ0) is 13.8. The Morgan fingerprint density at radius 3 is 2.81 bits per heavy atom. The summed E-state index contributed by atoms with van der Waals surface area (Å²) in [6, 6.07) is 0. The Morgan fingerprint density at radius 2 is 1.90 bits per heavy atom. The second-order valence-electron chi connectivity index (χ2n) is 5.84. The largest absolute Gasteiger partial charge is 0.378 e. The van der Waals surface area contributed by atoms with Gasteiger partial charge in [0.05, 0.1) is 32.0 Å². The molecule has 1 fully saturated rings. The van der Waals surface area contributed by atoms with Crippen molar-refractivity contribution in [1.29, 1.82) is 0 Å². The van der Waals surface area contributed by atoms with Crippen LogP contribution < -0.4 is 0 Å². The SMILES string of the molecule is C1CC2=C(C1)C1=NCCN3C(N4CCOCC4)=NC(=N2)N13. The zero-order valence-corrected chi connectivity index (χ0v) is 12.0. The first-order chi connectivity index (χ1) is 10.4. The third kappa shape index (κ3) is 1.61. The highest BCUT2D eigenvalue weighted by molar-refractivity contribution is 6.17. The molecule has 0 saturated carbocycles. The van der Waals surface area contributed by atoms with Gasteiger partial charge in [-0.05, 0) is 19.3 Å². The maximum absolute atomic E-state index is 5.45. The van der Waals surface area contributed by atoms with Crippen LogP contribution in [0.5, 0.6) is 0 Å². The van der Waals surface area contributed by atoms with Crippen LogP contribution in [0.15, 0.2) is 26.2 Å². The summed E-state index contributed by atoms with van der Waals surface area (Å²) in [7, 11) is 0. The van der Waals surface area contributed by atoms with Gasteiger partial charge >= 0.3 is 0 Å². The Bertz CT molecular complexity index is 613.